The summed E-state index contributed by atoms with van der Waals surface area (Å²) in [5, 5.41) is 60.4. The number of nitrogens with zero attached hydrogens (tertiary/aromatic N) is 1. The van der Waals surface area contributed by atoms with Gasteiger partial charge in [0, 0.05) is 44.5 Å². The number of benzene rings is 2. The molecule has 3 aliphatic rings. The van der Waals surface area contributed by atoms with Crippen LogP contribution in [-0.2, 0) is 42.9 Å². The number of hydrogen-bond donors (Lipinski definition) is 7. The predicted octanol–water partition coefficient (Wildman–Crippen LogP) is 0.719. The molecule has 3 saturated heterocycles. The van der Waals surface area contributed by atoms with Gasteiger partial charge in [0.1, 0.15) is 55.1 Å². The highest BCUT2D eigenvalue weighted by atomic mass is 16.8. The van der Waals surface area contributed by atoms with E-state index in [2.05, 4.69) is 10.6 Å². The van der Waals surface area contributed by atoms with Gasteiger partial charge in [0.15, 0.2) is 12.4 Å². The maximum Gasteiger partial charge on any atom is 0.330 e. The summed E-state index contributed by atoms with van der Waals surface area (Å²) in [6.45, 7) is 7.43. The van der Waals surface area contributed by atoms with E-state index in [1.807, 2.05) is 19.9 Å². The van der Waals surface area contributed by atoms with Gasteiger partial charge in [-0.25, -0.2) is 4.79 Å². The molecule has 0 saturated carbocycles. The largest absolute Gasteiger partial charge is 0.462 e. The van der Waals surface area contributed by atoms with Crippen molar-refractivity contribution in [3.05, 3.63) is 71.8 Å². The molecule has 7 N–H and O–H groups in total. The maximum absolute atomic E-state index is 13.2. The molecule has 2 amide bonds. The molecule has 5 rings (SSSR count). The number of ether oxygens (including phenoxy) is 6. The molecule has 0 bridgehead atoms. The van der Waals surface area contributed by atoms with Crippen molar-refractivity contribution in [2.24, 2.45) is 5.92 Å². The molecule has 0 radical (unpaired) electrons. The second-order valence-electron chi connectivity index (χ2n) is 15.9. The lowest BCUT2D eigenvalue weighted by molar-refractivity contribution is -0.355. The van der Waals surface area contributed by atoms with Crippen LogP contribution in [0.15, 0.2) is 60.7 Å². The van der Waals surface area contributed by atoms with E-state index in [4.69, 9.17) is 28.4 Å². The zero-order valence-electron chi connectivity index (χ0n) is 35.5. The summed E-state index contributed by atoms with van der Waals surface area (Å²) in [4.78, 5) is 52.4. The van der Waals surface area contributed by atoms with Crippen molar-refractivity contribution in [1.29, 1.82) is 0 Å². The topological polar surface area (TPSA) is 252 Å². The first-order chi connectivity index (χ1) is 29.6. The van der Waals surface area contributed by atoms with Gasteiger partial charge in [-0.2, -0.15) is 0 Å². The molecule has 0 spiro atoms. The average Bonchev–Trinajstić information content (AvgIpc) is 3.27. The fourth-order valence-corrected chi connectivity index (χ4v) is 7.34. The van der Waals surface area contributed by atoms with Gasteiger partial charge in [-0.1, -0.05) is 56.3 Å². The molecule has 3 heterocycles. The number of carbonyl (C=O) groups is 4. The number of aliphatic hydroxyl groups excluding tert-OH is 5. The minimum Gasteiger partial charge on any atom is -0.462 e. The van der Waals surface area contributed by atoms with Crippen molar-refractivity contribution < 1.29 is 73.1 Å². The first-order valence-electron chi connectivity index (χ1n) is 21.1. The van der Waals surface area contributed by atoms with E-state index in [1.165, 1.54) is 26.0 Å². The minimum atomic E-state index is -1.84. The number of amides is 2. The normalized spacial score (nSPS) is 32.0. The van der Waals surface area contributed by atoms with Crippen molar-refractivity contribution >= 4 is 29.8 Å². The first kappa shape index (κ1) is 48.5. The number of hydrogen-bond acceptors (Lipinski definition) is 16. The minimum absolute atomic E-state index is 0.0362. The Morgan fingerprint density at radius 1 is 0.919 bits per heavy atom. The highest BCUT2D eigenvalue weighted by Gasteiger charge is 2.51. The molecule has 2 aromatic rings. The Morgan fingerprint density at radius 2 is 1.65 bits per heavy atom. The molecular formula is C44H61N3O15. The lowest BCUT2D eigenvalue weighted by atomic mass is 9.97. The average molecular weight is 872 g/mol. The van der Waals surface area contributed by atoms with Crippen molar-refractivity contribution in [3.8, 4) is 5.75 Å². The Hall–Kier alpha value is -4.50. The van der Waals surface area contributed by atoms with Gasteiger partial charge in [-0.05, 0) is 62.1 Å². The highest BCUT2D eigenvalue weighted by Crippen LogP contribution is 2.31. The maximum atomic E-state index is 13.2. The lowest BCUT2D eigenvalue weighted by Gasteiger charge is -2.45. The lowest BCUT2D eigenvalue weighted by Crippen LogP contribution is -2.64. The number of aliphatic hydroxyl groups is 5. The molecule has 0 unspecified atom stereocenters. The van der Waals surface area contributed by atoms with E-state index in [0.717, 1.165) is 11.1 Å². The first-order valence-corrected chi connectivity index (χ1v) is 21.1. The van der Waals surface area contributed by atoms with Gasteiger partial charge < -0.3 is 69.5 Å². The molecular weight excluding hydrogens is 810 g/mol. The van der Waals surface area contributed by atoms with E-state index in [-0.39, 0.29) is 36.4 Å². The van der Waals surface area contributed by atoms with Gasteiger partial charge in [0.25, 0.3) is 0 Å². The molecule has 3 aliphatic heterocycles. The quantitative estimate of drug-likeness (QED) is 0.115. The summed E-state index contributed by atoms with van der Waals surface area (Å²) in [5.41, 5.74) is 1.47. The van der Waals surface area contributed by atoms with Crippen molar-refractivity contribution in [2.75, 3.05) is 32.8 Å². The summed E-state index contributed by atoms with van der Waals surface area (Å²) in [6, 6.07) is 15.2. The molecule has 0 aromatic heterocycles. The zero-order valence-corrected chi connectivity index (χ0v) is 35.5. The fraction of sp³-hybridized carbons (Fsp3) is 0.591. The summed E-state index contributed by atoms with van der Waals surface area (Å²) in [6.07, 6.45) is -11.6. The van der Waals surface area contributed by atoms with Crippen LogP contribution in [0.2, 0.25) is 0 Å². The molecule has 0 aliphatic carbocycles. The van der Waals surface area contributed by atoms with Crippen LogP contribution in [0.1, 0.15) is 70.5 Å². The van der Waals surface area contributed by atoms with Gasteiger partial charge in [-0.15, -0.1) is 0 Å². The van der Waals surface area contributed by atoms with Crippen LogP contribution in [0, 0.1) is 5.92 Å². The van der Waals surface area contributed by atoms with Crippen molar-refractivity contribution in [3.63, 3.8) is 0 Å². The Labute approximate surface area is 361 Å². The zero-order chi connectivity index (χ0) is 44.9. The van der Waals surface area contributed by atoms with Gasteiger partial charge in [0.2, 0.25) is 18.1 Å². The molecule has 342 valence electrons. The Morgan fingerprint density at radius 3 is 2.34 bits per heavy atom. The Kier molecular flexibility index (Phi) is 18.2. The summed E-state index contributed by atoms with van der Waals surface area (Å²) in [5.74, 6) is -1.42. The van der Waals surface area contributed by atoms with Crippen LogP contribution in [0.5, 0.6) is 5.75 Å². The molecule has 62 heavy (non-hydrogen) atoms. The van der Waals surface area contributed by atoms with E-state index < -0.39 is 92.1 Å². The molecule has 13 atom stereocenters. The second-order valence-corrected chi connectivity index (χ2v) is 15.9. The number of carbonyl (C=O) groups excluding carboxylic acids is 4. The van der Waals surface area contributed by atoms with E-state index >= 15 is 0 Å². The van der Waals surface area contributed by atoms with E-state index in [1.54, 1.807) is 53.4 Å². The number of nitrogens with one attached hydrogen (secondary N) is 2. The third kappa shape index (κ3) is 13.5. The molecule has 18 nitrogen and oxygen atoms in total. The van der Waals surface area contributed by atoms with Crippen LogP contribution in [0.25, 0.3) is 6.08 Å². The molecule has 3 fully saturated rings. The highest BCUT2D eigenvalue weighted by molar-refractivity contribution is 5.87. The van der Waals surface area contributed by atoms with Crippen LogP contribution >= 0.6 is 0 Å². The number of esters is 2. The van der Waals surface area contributed by atoms with E-state index in [9.17, 15) is 44.7 Å². The van der Waals surface area contributed by atoms with E-state index in [0.29, 0.717) is 38.9 Å². The Balaban J connectivity index is 1.25. The summed E-state index contributed by atoms with van der Waals surface area (Å²) in [7, 11) is 0. The third-order valence-corrected chi connectivity index (χ3v) is 11.2. The number of rotatable bonds is 12. The SMILES string of the molecule is CC[C@H](C)C(=O)N1CCCNC(=O)C[C@@H](c2ccc(O[C@@H]3O[C@@H](C)[C@H](O)[C@@H](O)[C@H]3O[C@@H]3O[C@H](COC(=O)/C=C/c4ccccc4)[C@@H](O)[C@H](O)[C@H]3O)cc2)NCC[C@@H](OC(C)=O)C1. The van der Waals surface area contributed by atoms with Crippen LogP contribution in [0.4, 0.5) is 0 Å². The monoisotopic (exact) mass is 871 g/mol. The smallest absolute Gasteiger partial charge is 0.330 e. The fourth-order valence-electron chi connectivity index (χ4n) is 7.34. The summed E-state index contributed by atoms with van der Waals surface area (Å²) >= 11 is 0. The Bertz CT molecular complexity index is 1780. The second kappa shape index (κ2) is 23.3. The third-order valence-electron chi connectivity index (χ3n) is 11.2. The standard InChI is InChI=1S/C44H61N3O15/c1-5-25(2)42(56)47-21-9-19-46-34(49)22-32(45-20-18-31(23-47)59-27(4)48)29-13-15-30(16-14-29)60-44-41(39(54)36(51)26(3)58-44)62-43-40(55)38(53)37(52)33(61-43)24-57-35(50)17-12-28-10-7-6-8-11-28/h6-8,10-17,25-26,31-33,36-41,43-45,51-55H,5,9,18-24H2,1-4H3,(H,46,49)/b17-12+/t25-,26-,31+,32-,33+,36-,37+,38-,39+,40+,41+,43-,44-/m0/s1. The predicted molar refractivity (Wildman–Crippen MR) is 221 cm³/mol. The van der Waals surface area contributed by atoms with Crippen molar-refractivity contribution in [2.45, 2.75) is 127 Å². The van der Waals surface area contributed by atoms with Crippen LogP contribution in [0.3, 0.4) is 0 Å². The van der Waals surface area contributed by atoms with Gasteiger partial charge in [-0.3, -0.25) is 14.4 Å². The van der Waals surface area contributed by atoms with Crippen LogP contribution < -0.4 is 15.4 Å². The van der Waals surface area contributed by atoms with Gasteiger partial charge in [0.05, 0.1) is 12.6 Å². The van der Waals surface area contributed by atoms with Gasteiger partial charge >= 0.3 is 11.9 Å². The molecule has 2 aromatic carbocycles. The van der Waals surface area contributed by atoms with Crippen molar-refractivity contribution in [1.82, 2.24) is 15.5 Å². The molecule has 18 heteroatoms. The van der Waals surface area contributed by atoms with Crippen LogP contribution in [-0.4, -0.2) is 154 Å². The summed E-state index contributed by atoms with van der Waals surface area (Å²) < 4.78 is 34.5.